The highest BCUT2D eigenvalue weighted by Crippen LogP contribution is 2.44. The van der Waals surface area contributed by atoms with Crippen LogP contribution in [0.3, 0.4) is 0 Å². The van der Waals surface area contributed by atoms with E-state index in [2.05, 4.69) is 6.07 Å². The van der Waals surface area contributed by atoms with E-state index in [1.807, 2.05) is 114 Å². The van der Waals surface area contributed by atoms with E-state index >= 15 is 0 Å². The molecule has 39 heavy (non-hydrogen) atoms. The third-order valence-corrected chi connectivity index (χ3v) is 7.41. The van der Waals surface area contributed by atoms with Gasteiger partial charge in [0.05, 0.1) is 16.7 Å². The molecule has 4 heterocycles. The molecule has 4 aromatic carbocycles. The molecule has 6 heteroatoms. The maximum absolute atomic E-state index is 11.4. The average Bonchev–Trinajstić information content (AvgIpc) is 3.35. The molecule has 0 amide bonds. The highest BCUT2D eigenvalue weighted by Gasteiger charge is 2.28. The van der Waals surface area contributed by atoms with Crippen LogP contribution in [0.1, 0.15) is 11.8 Å². The molecule has 1 atom stereocenters. The van der Waals surface area contributed by atoms with Crippen LogP contribution in [0.5, 0.6) is 0 Å². The molecule has 1 aliphatic rings. The van der Waals surface area contributed by atoms with E-state index in [0.717, 1.165) is 55.3 Å². The minimum absolute atomic E-state index is 0.596. The Morgan fingerprint density at radius 1 is 0.590 bits per heavy atom. The number of aliphatic hydroxyl groups is 1. The SMILES string of the molecule is OC1c2ccccc2-c2nccc3c4cc(-c5nc(-c6ccccc6)nc(-c6ccccc6)n5)ccc4n1c23. The molecule has 0 saturated heterocycles. The first kappa shape index (κ1) is 21.8. The van der Waals surface area contributed by atoms with Gasteiger partial charge in [-0.15, -0.1) is 0 Å². The molecular weight excluding hydrogens is 482 g/mol. The number of pyridine rings is 1. The molecule has 1 unspecified atom stereocenters. The molecule has 6 nitrogen and oxygen atoms in total. The number of hydrogen-bond donors (Lipinski definition) is 1. The zero-order valence-corrected chi connectivity index (χ0v) is 20.7. The number of nitrogens with zero attached hydrogens (tertiary/aromatic N) is 5. The van der Waals surface area contributed by atoms with Gasteiger partial charge in [0.25, 0.3) is 0 Å². The number of fused-ring (bicyclic) bond motifs is 5. The summed E-state index contributed by atoms with van der Waals surface area (Å²) < 4.78 is 1.98. The minimum Gasteiger partial charge on any atom is -0.369 e. The fourth-order valence-corrected chi connectivity index (χ4v) is 5.60. The van der Waals surface area contributed by atoms with Crippen LogP contribution in [-0.2, 0) is 0 Å². The number of hydrogen-bond acceptors (Lipinski definition) is 5. The van der Waals surface area contributed by atoms with Gasteiger partial charge in [0.15, 0.2) is 23.7 Å². The number of rotatable bonds is 3. The molecule has 184 valence electrons. The van der Waals surface area contributed by atoms with Gasteiger partial charge in [-0.1, -0.05) is 84.9 Å². The molecular formula is C33H21N5O. The molecule has 0 radical (unpaired) electrons. The Morgan fingerprint density at radius 3 is 1.90 bits per heavy atom. The lowest BCUT2D eigenvalue weighted by Gasteiger charge is -2.24. The largest absolute Gasteiger partial charge is 0.369 e. The Labute approximate surface area is 223 Å². The molecule has 0 spiro atoms. The standard InChI is InChI=1S/C33H21N5O/c39-33-25-14-8-7-13-23(25)28-29-24(17-18-34-28)26-19-22(15-16-27(26)38(29)33)32-36-30(20-9-3-1-4-10-20)35-31(37-32)21-11-5-2-6-12-21/h1-19,33,39H. The van der Waals surface area contributed by atoms with Crippen LogP contribution in [0.15, 0.2) is 115 Å². The summed E-state index contributed by atoms with van der Waals surface area (Å²) in [5, 5.41) is 13.5. The third-order valence-electron chi connectivity index (χ3n) is 7.41. The molecule has 0 fully saturated rings. The zero-order chi connectivity index (χ0) is 25.9. The minimum atomic E-state index is -0.796. The van der Waals surface area contributed by atoms with Crippen LogP contribution < -0.4 is 0 Å². The van der Waals surface area contributed by atoms with Crippen LogP contribution >= 0.6 is 0 Å². The highest BCUT2D eigenvalue weighted by molar-refractivity contribution is 6.13. The fourth-order valence-electron chi connectivity index (χ4n) is 5.60. The third kappa shape index (κ3) is 3.32. The van der Waals surface area contributed by atoms with Crippen LogP contribution in [-0.4, -0.2) is 29.6 Å². The van der Waals surface area contributed by atoms with Gasteiger partial charge in [-0.05, 0) is 24.3 Å². The normalized spacial score (nSPS) is 14.0. The molecule has 8 rings (SSSR count). The topological polar surface area (TPSA) is 76.7 Å². The summed E-state index contributed by atoms with van der Waals surface area (Å²) in [6.45, 7) is 0. The predicted molar refractivity (Wildman–Crippen MR) is 153 cm³/mol. The van der Waals surface area contributed by atoms with Crippen molar-refractivity contribution in [3.05, 3.63) is 121 Å². The highest BCUT2D eigenvalue weighted by atomic mass is 16.3. The van der Waals surface area contributed by atoms with E-state index in [1.54, 1.807) is 0 Å². The van der Waals surface area contributed by atoms with Crippen molar-refractivity contribution < 1.29 is 5.11 Å². The van der Waals surface area contributed by atoms with Crippen molar-refractivity contribution in [3.8, 4) is 45.4 Å². The maximum Gasteiger partial charge on any atom is 0.164 e. The van der Waals surface area contributed by atoms with Crippen LogP contribution in [0.2, 0.25) is 0 Å². The molecule has 0 bridgehead atoms. The Hall–Kier alpha value is -5.20. The maximum atomic E-state index is 11.4. The summed E-state index contributed by atoms with van der Waals surface area (Å²) in [6.07, 6.45) is 1.04. The lowest BCUT2D eigenvalue weighted by atomic mass is 9.98. The monoisotopic (exact) mass is 503 g/mol. The predicted octanol–water partition coefficient (Wildman–Crippen LogP) is 6.90. The second-order valence-electron chi connectivity index (χ2n) is 9.66. The van der Waals surface area contributed by atoms with Crippen molar-refractivity contribution in [2.75, 3.05) is 0 Å². The first-order valence-corrected chi connectivity index (χ1v) is 12.8. The summed E-state index contributed by atoms with van der Waals surface area (Å²) in [6, 6.07) is 36.0. The van der Waals surface area contributed by atoms with E-state index in [0.29, 0.717) is 17.5 Å². The second-order valence-corrected chi connectivity index (χ2v) is 9.66. The van der Waals surface area contributed by atoms with E-state index in [-0.39, 0.29) is 0 Å². The Kier molecular flexibility index (Phi) is 4.71. The summed E-state index contributed by atoms with van der Waals surface area (Å²) >= 11 is 0. The van der Waals surface area contributed by atoms with E-state index < -0.39 is 6.23 Å². The van der Waals surface area contributed by atoms with Gasteiger partial charge in [-0.25, -0.2) is 15.0 Å². The average molecular weight is 504 g/mol. The number of aromatic nitrogens is 5. The summed E-state index contributed by atoms with van der Waals surface area (Å²) in [5.41, 5.74) is 7.30. The Morgan fingerprint density at radius 2 is 1.21 bits per heavy atom. The van der Waals surface area contributed by atoms with E-state index in [1.165, 1.54) is 0 Å². The van der Waals surface area contributed by atoms with Gasteiger partial charge in [-0.3, -0.25) is 4.98 Å². The van der Waals surface area contributed by atoms with Crippen LogP contribution in [0.4, 0.5) is 0 Å². The molecule has 1 N–H and O–H groups in total. The Balaban J connectivity index is 1.37. The lowest BCUT2D eigenvalue weighted by Crippen LogP contribution is -2.15. The van der Waals surface area contributed by atoms with Crippen molar-refractivity contribution in [1.82, 2.24) is 24.5 Å². The summed E-state index contributed by atoms with van der Waals surface area (Å²) in [4.78, 5) is 19.3. The summed E-state index contributed by atoms with van der Waals surface area (Å²) in [7, 11) is 0. The van der Waals surface area contributed by atoms with Crippen LogP contribution in [0, 0.1) is 0 Å². The molecule has 0 saturated carbocycles. The number of aliphatic hydroxyl groups excluding tert-OH is 1. The molecule has 7 aromatic rings. The van der Waals surface area contributed by atoms with Gasteiger partial charge in [0.2, 0.25) is 0 Å². The molecule has 3 aromatic heterocycles. The van der Waals surface area contributed by atoms with Crippen molar-refractivity contribution in [2.24, 2.45) is 0 Å². The van der Waals surface area contributed by atoms with Gasteiger partial charge in [0, 0.05) is 44.8 Å². The smallest absolute Gasteiger partial charge is 0.164 e. The first-order valence-electron chi connectivity index (χ1n) is 12.8. The lowest BCUT2D eigenvalue weighted by molar-refractivity contribution is 0.155. The number of benzene rings is 4. The second kappa shape index (κ2) is 8.41. The first-order chi connectivity index (χ1) is 19.3. The fraction of sp³-hybridized carbons (Fsp3) is 0.0303. The van der Waals surface area contributed by atoms with Crippen molar-refractivity contribution >= 4 is 21.8 Å². The molecule has 0 aliphatic carbocycles. The van der Waals surface area contributed by atoms with E-state index in [4.69, 9.17) is 19.9 Å². The van der Waals surface area contributed by atoms with Gasteiger partial charge in [-0.2, -0.15) is 0 Å². The summed E-state index contributed by atoms with van der Waals surface area (Å²) in [5.74, 6) is 1.84. The van der Waals surface area contributed by atoms with Crippen molar-refractivity contribution in [3.63, 3.8) is 0 Å². The van der Waals surface area contributed by atoms with Crippen molar-refractivity contribution in [2.45, 2.75) is 6.23 Å². The van der Waals surface area contributed by atoms with Gasteiger partial charge < -0.3 is 9.67 Å². The van der Waals surface area contributed by atoms with Crippen molar-refractivity contribution in [1.29, 1.82) is 0 Å². The zero-order valence-electron chi connectivity index (χ0n) is 20.7. The molecule has 1 aliphatic heterocycles. The van der Waals surface area contributed by atoms with Gasteiger partial charge in [0.1, 0.15) is 0 Å². The quantitative estimate of drug-likeness (QED) is 0.284. The van der Waals surface area contributed by atoms with Crippen LogP contribution in [0.25, 0.3) is 67.2 Å². The van der Waals surface area contributed by atoms with E-state index in [9.17, 15) is 5.11 Å². The van der Waals surface area contributed by atoms with Gasteiger partial charge >= 0.3 is 0 Å². The Bertz CT molecular complexity index is 1980.